The van der Waals surface area contributed by atoms with Gasteiger partial charge in [0.15, 0.2) is 0 Å². The molecule has 0 saturated carbocycles. The Morgan fingerprint density at radius 3 is 2.62 bits per heavy atom. The van der Waals surface area contributed by atoms with Crippen LogP contribution in [0.1, 0.15) is 0 Å². The number of nitrogen functional groups attached to an aromatic ring is 1. The van der Waals surface area contributed by atoms with Gasteiger partial charge >= 0.3 is 0 Å². The molecular weight excluding hydrogens is 266 g/mol. The maximum atomic E-state index is 11.7. The van der Waals surface area contributed by atoms with Crippen LogP contribution in [0, 0.1) is 0 Å². The number of hydrogen-bond acceptors (Lipinski definition) is 4. The van der Waals surface area contributed by atoms with E-state index in [1.165, 1.54) is 0 Å². The van der Waals surface area contributed by atoms with Crippen molar-refractivity contribution in [1.82, 2.24) is 15.0 Å². The lowest BCUT2D eigenvalue weighted by atomic mass is 10.2. The third-order valence-electron chi connectivity index (χ3n) is 3.30. The zero-order chi connectivity index (χ0) is 14.8. The highest BCUT2D eigenvalue weighted by Crippen LogP contribution is 2.27. The van der Waals surface area contributed by atoms with Crippen molar-refractivity contribution in [1.29, 1.82) is 0 Å². The van der Waals surface area contributed by atoms with Crippen LogP contribution in [-0.2, 0) is 11.3 Å². The molecule has 0 aliphatic rings. The van der Waals surface area contributed by atoms with Gasteiger partial charge in [-0.25, -0.2) is 10.8 Å². The zero-order valence-corrected chi connectivity index (χ0v) is 11.3. The second-order valence-corrected chi connectivity index (χ2v) is 4.67. The van der Waals surface area contributed by atoms with E-state index in [0.29, 0.717) is 17.0 Å². The molecule has 0 unspecified atom stereocenters. The number of aromatic nitrogens is 2. The fourth-order valence-corrected chi connectivity index (χ4v) is 2.33. The predicted molar refractivity (Wildman–Crippen MR) is 81.9 cm³/mol. The fraction of sp³-hybridized carbons (Fsp3) is 0.0667. The van der Waals surface area contributed by atoms with E-state index >= 15 is 0 Å². The van der Waals surface area contributed by atoms with Gasteiger partial charge in [-0.05, 0) is 12.1 Å². The van der Waals surface area contributed by atoms with E-state index in [0.717, 1.165) is 11.1 Å². The molecule has 5 N–H and O–H groups in total. The van der Waals surface area contributed by atoms with Gasteiger partial charge in [0.1, 0.15) is 17.9 Å². The fourth-order valence-electron chi connectivity index (χ4n) is 2.33. The van der Waals surface area contributed by atoms with Gasteiger partial charge in [0.25, 0.3) is 5.91 Å². The highest BCUT2D eigenvalue weighted by atomic mass is 16.2. The molecule has 0 atom stereocenters. The summed E-state index contributed by atoms with van der Waals surface area (Å²) in [4.78, 5) is 16.3. The molecule has 1 heterocycles. The molecule has 0 aliphatic heterocycles. The zero-order valence-electron chi connectivity index (χ0n) is 11.3. The number of amides is 1. The number of anilines is 1. The van der Waals surface area contributed by atoms with Crippen molar-refractivity contribution in [2.75, 3.05) is 5.73 Å². The van der Waals surface area contributed by atoms with Crippen LogP contribution in [0.3, 0.4) is 0 Å². The van der Waals surface area contributed by atoms with Crippen LogP contribution in [0.2, 0.25) is 0 Å². The van der Waals surface area contributed by atoms with Gasteiger partial charge < -0.3 is 10.3 Å². The van der Waals surface area contributed by atoms with Crippen LogP contribution in [-0.4, -0.2) is 15.5 Å². The first-order chi connectivity index (χ1) is 10.2. The Morgan fingerprint density at radius 2 is 1.90 bits per heavy atom. The van der Waals surface area contributed by atoms with Crippen molar-refractivity contribution in [3.05, 3.63) is 48.5 Å². The topological polar surface area (TPSA) is 99.0 Å². The first-order valence-corrected chi connectivity index (χ1v) is 6.50. The average Bonchev–Trinajstić information content (AvgIpc) is 2.88. The summed E-state index contributed by atoms with van der Waals surface area (Å²) in [7, 11) is 0. The quantitative estimate of drug-likeness (QED) is 0.291. The van der Waals surface area contributed by atoms with Gasteiger partial charge in [-0.1, -0.05) is 36.4 Å². The molecule has 3 rings (SSSR count). The molecule has 1 aromatic heterocycles. The number of para-hydroxylation sites is 1. The molecule has 0 fully saturated rings. The summed E-state index contributed by atoms with van der Waals surface area (Å²) in [6.45, 7) is 0.0840. The standard InChI is InChI=1S/C15H15N5O/c16-11-7-4-8-12-14(11)18-15(10-5-2-1-3-6-10)20(12)9-13(21)19-17/h1-8H,9,16-17H2,(H,19,21). The Labute approximate surface area is 121 Å². The molecule has 0 spiro atoms. The molecule has 0 saturated heterocycles. The molecule has 6 heteroatoms. The van der Waals surface area contributed by atoms with Crippen LogP contribution in [0.5, 0.6) is 0 Å². The normalized spacial score (nSPS) is 10.7. The monoisotopic (exact) mass is 281 g/mol. The Bertz CT molecular complexity index is 794. The minimum atomic E-state index is -0.297. The van der Waals surface area contributed by atoms with Crippen molar-refractivity contribution in [3.8, 4) is 11.4 Å². The summed E-state index contributed by atoms with van der Waals surface area (Å²) in [5.41, 5.74) is 11.1. The lowest BCUT2D eigenvalue weighted by Gasteiger charge is -2.08. The number of carbonyl (C=O) groups is 1. The molecular formula is C15H15N5O. The number of hydrogen-bond donors (Lipinski definition) is 3. The van der Waals surface area contributed by atoms with E-state index in [1.807, 2.05) is 47.0 Å². The number of imidazole rings is 1. The van der Waals surface area contributed by atoms with Gasteiger partial charge in [-0.3, -0.25) is 10.2 Å². The predicted octanol–water partition coefficient (Wildman–Crippen LogP) is 1.28. The Balaban J connectivity index is 2.25. The number of nitrogens with one attached hydrogen (secondary N) is 1. The number of carbonyl (C=O) groups excluding carboxylic acids is 1. The molecule has 21 heavy (non-hydrogen) atoms. The van der Waals surface area contributed by atoms with E-state index in [-0.39, 0.29) is 12.5 Å². The smallest absolute Gasteiger partial charge is 0.253 e. The summed E-state index contributed by atoms with van der Waals surface area (Å²) < 4.78 is 1.81. The van der Waals surface area contributed by atoms with Crippen LogP contribution >= 0.6 is 0 Å². The molecule has 0 aliphatic carbocycles. The van der Waals surface area contributed by atoms with Gasteiger partial charge in [-0.2, -0.15) is 0 Å². The number of nitrogens with two attached hydrogens (primary N) is 2. The minimum Gasteiger partial charge on any atom is -0.397 e. The van der Waals surface area contributed by atoms with Gasteiger partial charge in [-0.15, -0.1) is 0 Å². The van der Waals surface area contributed by atoms with Crippen LogP contribution in [0.25, 0.3) is 22.4 Å². The van der Waals surface area contributed by atoms with Crippen molar-refractivity contribution in [2.24, 2.45) is 5.84 Å². The second kappa shape index (κ2) is 5.26. The Hall–Kier alpha value is -2.86. The Morgan fingerprint density at radius 1 is 1.14 bits per heavy atom. The summed E-state index contributed by atoms with van der Waals surface area (Å²) >= 11 is 0. The molecule has 2 aromatic carbocycles. The number of benzene rings is 2. The SMILES string of the molecule is NNC(=O)Cn1c(-c2ccccc2)nc2c(N)cccc21. The number of nitrogens with zero attached hydrogens (tertiary/aromatic N) is 2. The summed E-state index contributed by atoms with van der Waals surface area (Å²) in [6, 6.07) is 15.2. The molecule has 0 radical (unpaired) electrons. The third-order valence-corrected chi connectivity index (χ3v) is 3.30. The maximum Gasteiger partial charge on any atom is 0.253 e. The van der Waals surface area contributed by atoms with Crippen molar-refractivity contribution in [2.45, 2.75) is 6.54 Å². The highest BCUT2D eigenvalue weighted by Gasteiger charge is 2.15. The molecule has 0 bridgehead atoms. The second-order valence-electron chi connectivity index (χ2n) is 4.67. The maximum absolute atomic E-state index is 11.7. The van der Waals surface area contributed by atoms with E-state index in [1.54, 1.807) is 6.07 Å². The van der Waals surface area contributed by atoms with E-state index in [2.05, 4.69) is 10.4 Å². The van der Waals surface area contributed by atoms with Crippen LogP contribution < -0.4 is 17.0 Å². The average molecular weight is 281 g/mol. The van der Waals surface area contributed by atoms with Gasteiger partial charge in [0.2, 0.25) is 0 Å². The third kappa shape index (κ3) is 2.32. The number of fused-ring (bicyclic) bond motifs is 1. The number of rotatable bonds is 3. The molecule has 3 aromatic rings. The van der Waals surface area contributed by atoms with Gasteiger partial charge in [0.05, 0.1) is 11.2 Å². The van der Waals surface area contributed by atoms with Gasteiger partial charge in [0, 0.05) is 5.56 Å². The lowest BCUT2D eigenvalue weighted by molar-refractivity contribution is -0.121. The first kappa shape index (κ1) is 13.1. The highest BCUT2D eigenvalue weighted by molar-refractivity contribution is 5.91. The largest absolute Gasteiger partial charge is 0.397 e. The van der Waals surface area contributed by atoms with E-state index in [9.17, 15) is 4.79 Å². The summed E-state index contributed by atoms with van der Waals surface area (Å²) in [5, 5.41) is 0. The summed E-state index contributed by atoms with van der Waals surface area (Å²) in [5.74, 6) is 5.58. The molecule has 6 nitrogen and oxygen atoms in total. The molecule has 1 amide bonds. The summed E-state index contributed by atoms with van der Waals surface area (Å²) in [6.07, 6.45) is 0. The Kier molecular flexibility index (Phi) is 3.29. The molecule has 106 valence electrons. The van der Waals surface area contributed by atoms with E-state index < -0.39 is 0 Å². The van der Waals surface area contributed by atoms with Crippen molar-refractivity contribution in [3.63, 3.8) is 0 Å². The first-order valence-electron chi connectivity index (χ1n) is 6.50. The van der Waals surface area contributed by atoms with Crippen LogP contribution in [0.4, 0.5) is 5.69 Å². The van der Waals surface area contributed by atoms with Crippen molar-refractivity contribution < 1.29 is 4.79 Å². The van der Waals surface area contributed by atoms with E-state index in [4.69, 9.17) is 11.6 Å². The van der Waals surface area contributed by atoms with Crippen molar-refractivity contribution >= 4 is 22.6 Å². The van der Waals surface area contributed by atoms with Crippen LogP contribution in [0.15, 0.2) is 48.5 Å². The lowest BCUT2D eigenvalue weighted by Crippen LogP contribution is -2.33. The number of hydrazine groups is 1. The minimum absolute atomic E-state index is 0.0840.